The summed E-state index contributed by atoms with van der Waals surface area (Å²) in [5.74, 6) is -0.201. The number of carbonyl (C=O) groups excluding carboxylic acids is 1. The molecule has 5 rings (SSSR count). The molecular formula is C24H28FN7O. The number of hydrogen-bond donors (Lipinski definition) is 2. The summed E-state index contributed by atoms with van der Waals surface area (Å²) >= 11 is 0. The van der Waals surface area contributed by atoms with Gasteiger partial charge < -0.3 is 10.6 Å². The average Bonchev–Trinajstić information content (AvgIpc) is 3.47. The van der Waals surface area contributed by atoms with Crippen molar-refractivity contribution in [1.29, 1.82) is 0 Å². The predicted molar refractivity (Wildman–Crippen MR) is 122 cm³/mol. The van der Waals surface area contributed by atoms with Crippen molar-refractivity contribution in [3.05, 3.63) is 65.5 Å². The highest BCUT2D eigenvalue weighted by atomic mass is 19.1. The standard InChI is InChI=1S/C24H28FN7O/c25-19-9-7-17(8-10-19)14-21-6-2-13-32(21)16-24(11-3-12-24)27-23(33)26-20-5-1-4-18(15-20)22-28-30-31-29-22/h1,4-5,7-10,15,21-22H,2-3,6,11-14,16H2,(H2,26,27,33). The van der Waals surface area contributed by atoms with E-state index in [-0.39, 0.29) is 17.4 Å². The van der Waals surface area contributed by atoms with Crippen LogP contribution in [0.2, 0.25) is 0 Å². The van der Waals surface area contributed by atoms with E-state index in [1.807, 2.05) is 36.4 Å². The number of halogens is 1. The van der Waals surface area contributed by atoms with Crippen LogP contribution in [0.1, 0.15) is 49.4 Å². The number of hydrogen-bond acceptors (Lipinski definition) is 6. The monoisotopic (exact) mass is 449 g/mol. The lowest BCUT2D eigenvalue weighted by atomic mass is 9.76. The van der Waals surface area contributed by atoms with E-state index in [0.29, 0.717) is 11.7 Å². The Morgan fingerprint density at radius 1 is 1.09 bits per heavy atom. The molecule has 2 aromatic rings. The summed E-state index contributed by atoms with van der Waals surface area (Å²) in [5, 5.41) is 21.2. The van der Waals surface area contributed by atoms with Gasteiger partial charge in [0.15, 0.2) is 0 Å². The van der Waals surface area contributed by atoms with Gasteiger partial charge in [0.1, 0.15) is 5.82 Å². The predicted octanol–water partition coefficient (Wildman–Crippen LogP) is 5.41. The topological polar surface area (TPSA) is 93.8 Å². The van der Waals surface area contributed by atoms with Crippen LogP contribution < -0.4 is 10.6 Å². The molecule has 2 aromatic carbocycles. The van der Waals surface area contributed by atoms with Gasteiger partial charge in [0.2, 0.25) is 6.17 Å². The summed E-state index contributed by atoms with van der Waals surface area (Å²) in [4.78, 5) is 15.4. The normalized spacial score (nSPS) is 21.8. The van der Waals surface area contributed by atoms with Gasteiger partial charge in [0.05, 0.1) is 5.54 Å². The molecule has 2 heterocycles. The zero-order chi connectivity index (χ0) is 22.7. The van der Waals surface area contributed by atoms with Gasteiger partial charge in [-0.3, -0.25) is 4.90 Å². The Kier molecular flexibility index (Phi) is 6.13. The van der Waals surface area contributed by atoms with E-state index < -0.39 is 6.17 Å². The molecular weight excluding hydrogens is 421 g/mol. The third-order valence-corrected chi connectivity index (χ3v) is 6.88. The second kappa shape index (κ2) is 9.35. The number of urea groups is 1. The highest BCUT2D eigenvalue weighted by molar-refractivity contribution is 5.90. The number of amides is 2. The maximum atomic E-state index is 13.3. The van der Waals surface area contributed by atoms with Gasteiger partial charge in [-0.25, -0.2) is 9.18 Å². The van der Waals surface area contributed by atoms with Crippen molar-refractivity contribution >= 4 is 11.7 Å². The van der Waals surface area contributed by atoms with Crippen molar-refractivity contribution in [2.45, 2.75) is 56.3 Å². The molecule has 0 bridgehead atoms. The molecule has 0 spiro atoms. The van der Waals surface area contributed by atoms with Crippen molar-refractivity contribution in [3.63, 3.8) is 0 Å². The lowest BCUT2D eigenvalue weighted by molar-refractivity contribution is 0.109. The maximum absolute atomic E-state index is 13.3. The molecule has 8 nitrogen and oxygen atoms in total. The summed E-state index contributed by atoms with van der Waals surface area (Å²) in [5.41, 5.74) is 2.47. The van der Waals surface area contributed by atoms with Crippen LogP contribution in [0.5, 0.6) is 0 Å². The molecule has 1 unspecified atom stereocenters. The maximum Gasteiger partial charge on any atom is 0.319 e. The Balaban J connectivity index is 1.20. The second-order valence-electron chi connectivity index (χ2n) is 9.22. The number of anilines is 1. The third kappa shape index (κ3) is 5.08. The minimum Gasteiger partial charge on any atom is -0.331 e. The van der Waals surface area contributed by atoms with E-state index in [1.165, 1.54) is 12.1 Å². The molecule has 1 aliphatic carbocycles. The zero-order valence-corrected chi connectivity index (χ0v) is 18.5. The van der Waals surface area contributed by atoms with E-state index in [4.69, 9.17) is 0 Å². The molecule has 3 aliphatic rings. The fraction of sp³-hybridized carbons (Fsp3) is 0.458. The number of nitrogens with zero attached hydrogens (tertiary/aromatic N) is 5. The van der Waals surface area contributed by atoms with E-state index in [0.717, 1.165) is 62.7 Å². The van der Waals surface area contributed by atoms with Gasteiger partial charge in [-0.1, -0.05) is 24.3 Å². The fourth-order valence-corrected chi connectivity index (χ4v) is 5.02. The van der Waals surface area contributed by atoms with E-state index in [9.17, 15) is 9.18 Å². The smallest absolute Gasteiger partial charge is 0.319 e. The molecule has 1 saturated carbocycles. The number of rotatable bonds is 7. The van der Waals surface area contributed by atoms with Gasteiger partial charge in [-0.05, 0) is 85.3 Å². The number of likely N-dealkylation sites (tertiary alicyclic amines) is 1. The number of carbonyl (C=O) groups is 1. The Labute approximate surface area is 192 Å². The molecule has 1 atom stereocenters. The molecule has 9 heteroatoms. The SMILES string of the molecule is O=C(Nc1cccc(C2N=NN=N2)c1)NC1(CN2CCCC2Cc2ccc(F)cc2)CCC1. The molecule has 33 heavy (non-hydrogen) atoms. The highest BCUT2D eigenvalue weighted by Gasteiger charge is 2.42. The van der Waals surface area contributed by atoms with Crippen molar-refractivity contribution in [2.75, 3.05) is 18.4 Å². The van der Waals surface area contributed by atoms with E-state index in [2.05, 4.69) is 36.2 Å². The minimum absolute atomic E-state index is 0.198. The Morgan fingerprint density at radius 3 is 2.61 bits per heavy atom. The lowest BCUT2D eigenvalue weighted by Crippen LogP contribution is -2.61. The minimum atomic E-state index is -0.444. The average molecular weight is 450 g/mol. The van der Waals surface area contributed by atoms with Gasteiger partial charge in [-0.15, -0.1) is 10.2 Å². The quantitative estimate of drug-likeness (QED) is 0.591. The summed E-state index contributed by atoms with van der Waals surface area (Å²) in [6.45, 7) is 1.87. The first-order valence-electron chi connectivity index (χ1n) is 11.6. The molecule has 1 saturated heterocycles. The first-order chi connectivity index (χ1) is 16.1. The fourth-order valence-electron chi connectivity index (χ4n) is 5.02. The Bertz CT molecular complexity index is 1040. The van der Waals surface area contributed by atoms with E-state index >= 15 is 0 Å². The molecule has 2 aliphatic heterocycles. The summed E-state index contributed by atoms with van der Waals surface area (Å²) in [7, 11) is 0. The van der Waals surface area contributed by atoms with Crippen LogP contribution in [-0.4, -0.2) is 35.6 Å². The largest absolute Gasteiger partial charge is 0.331 e. The molecule has 172 valence electrons. The van der Waals surface area contributed by atoms with Crippen molar-refractivity contribution in [2.24, 2.45) is 20.7 Å². The van der Waals surface area contributed by atoms with Crippen LogP contribution in [0.4, 0.5) is 14.9 Å². The van der Waals surface area contributed by atoms with Crippen molar-refractivity contribution < 1.29 is 9.18 Å². The van der Waals surface area contributed by atoms with Gasteiger partial charge in [0.25, 0.3) is 0 Å². The van der Waals surface area contributed by atoms with Crippen molar-refractivity contribution in [3.8, 4) is 0 Å². The lowest BCUT2D eigenvalue weighted by Gasteiger charge is -2.46. The third-order valence-electron chi connectivity index (χ3n) is 6.88. The second-order valence-corrected chi connectivity index (χ2v) is 9.22. The summed E-state index contributed by atoms with van der Waals surface area (Å²) in [6.07, 6.45) is 5.81. The first-order valence-corrected chi connectivity index (χ1v) is 11.6. The highest BCUT2D eigenvalue weighted by Crippen LogP contribution is 2.35. The number of nitrogens with one attached hydrogen (secondary N) is 2. The van der Waals surface area contributed by atoms with Gasteiger partial charge >= 0.3 is 6.03 Å². The molecule has 0 radical (unpaired) electrons. The van der Waals surface area contributed by atoms with Crippen LogP contribution in [0.3, 0.4) is 0 Å². The molecule has 2 amide bonds. The summed E-state index contributed by atoms with van der Waals surface area (Å²) in [6, 6.07) is 14.5. The Morgan fingerprint density at radius 2 is 1.88 bits per heavy atom. The van der Waals surface area contributed by atoms with Crippen LogP contribution in [0.25, 0.3) is 0 Å². The molecule has 2 N–H and O–H groups in total. The van der Waals surface area contributed by atoms with Gasteiger partial charge in [0, 0.05) is 23.8 Å². The van der Waals surface area contributed by atoms with Crippen LogP contribution >= 0.6 is 0 Å². The van der Waals surface area contributed by atoms with Gasteiger partial charge in [-0.2, -0.15) is 0 Å². The van der Waals surface area contributed by atoms with Crippen LogP contribution in [0.15, 0.2) is 69.2 Å². The van der Waals surface area contributed by atoms with Crippen molar-refractivity contribution in [1.82, 2.24) is 10.2 Å². The van der Waals surface area contributed by atoms with Crippen LogP contribution in [-0.2, 0) is 6.42 Å². The zero-order valence-electron chi connectivity index (χ0n) is 18.5. The Hall–Kier alpha value is -3.20. The van der Waals surface area contributed by atoms with Crippen LogP contribution in [0, 0.1) is 5.82 Å². The molecule has 2 fully saturated rings. The summed E-state index contributed by atoms with van der Waals surface area (Å²) < 4.78 is 13.3. The van der Waals surface area contributed by atoms with E-state index in [1.54, 1.807) is 0 Å². The number of benzene rings is 2. The first kappa shape index (κ1) is 21.6. The molecule has 0 aromatic heterocycles.